The van der Waals surface area contributed by atoms with Gasteiger partial charge in [0.1, 0.15) is 5.82 Å². The first-order chi connectivity index (χ1) is 7.77. The number of aromatic nitrogens is 1. The van der Waals surface area contributed by atoms with Crippen LogP contribution in [0, 0.1) is 0 Å². The van der Waals surface area contributed by atoms with Crippen LogP contribution in [0.5, 0.6) is 0 Å². The lowest BCUT2D eigenvalue weighted by Crippen LogP contribution is -2.18. The highest BCUT2D eigenvalue weighted by atomic mass is 15.2. The number of hydrogen-bond donors (Lipinski definition) is 1. The van der Waals surface area contributed by atoms with Crippen LogP contribution in [-0.4, -0.2) is 18.6 Å². The lowest BCUT2D eigenvalue weighted by Gasteiger charge is -2.18. The van der Waals surface area contributed by atoms with Crippen LogP contribution in [-0.2, 0) is 6.54 Å². The first-order valence-corrected chi connectivity index (χ1v) is 5.55. The van der Waals surface area contributed by atoms with E-state index in [1.807, 2.05) is 18.3 Å². The van der Waals surface area contributed by atoms with E-state index in [0.29, 0.717) is 6.54 Å². The Morgan fingerprint density at radius 3 is 2.56 bits per heavy atom. The number of nitrogens with two attached hydrogens (primary N) is 1. The molecular weight excluding hydrogens is 198 g/mol. The maximum Gasteiger partial charge on any atom is 0.136 e. The molecule has 2 rings (SSSR count). The summed E-state index contributed by atoms with van der Waals surface area (Å²) in [6.45, 7) is 3.59. The summed E-state index contributed by atoms with van der Waals surface area (Å²) >= 11 is 0. The molecule has 1 aromatic heterocycles. The van der Waals surface area contributed by atoms with Gasteiger partial charge in [0.2, 0.25) is 0 Å². The summed E-state index contributed by atoms with van der Waals surface area (Å²) in [7, 11) is 2.05. The zero-order valence-corrected chi connectivity index (χ0v) is 9.77. The molecule has 2 N–H and O–H groups in total. The molecule has 0 aliphatic carbocycles. The molecule has 0 saturated heterocycles. The van der Waals surface area contributed by atoms with Crippen molar-refractivity contribution in [1.29, 1.82) is 0 Å². The van der Waals surface area contributed by atoms with Crippen LogP contribution in [0.3, 0.4) is 0 Å². The SMILES string of the molecule is CCN(C)c1ncc(CN)c2ccccc12. The van der Waals surface area contributed by atoms with Crippen LogP contribution in [0.2, 0.25) is 0 Å². The monoisotopic (exact) mass is 215 g/mol. The molecule has 1 heterocycles. The summed E-state index contributed by atoms with van der Waals surface area (Å²) in [5.41, 5.74) is 6.82. The Labute approximate surface area is 95.9 Å². The molecule has 3 nitrogen and oxygen atoms in total. The fourth-order valence-corrected chi connectivity index (χ4v) is 1.85. The second kappa shape index (κ2) is 4.49. The van der Waals surface area contributed by atoms with E-state index < -0.39 is 0 Å². The van der Waals surface area contributed by atoms with Crippen molar-refractivity contribution >= 4 is 16.6 Å². The lowest BCUT2D eigenvalue weighted by atomic mass is 10.1. The quantitative estimate of drug-likeness (QED) is 0.853. The minimum atomic E-state index is 0.531. The summed E-state index contributed by atoms with van der Waals surface area (Å²) in [6, 6.07) is 8.28. The van der Waals surface area contributed by atoms with Gasteiger partial charge in [0.15, 0.2) is 0 Å². The van der Waals surface area contributed by atoms with Gasteiger partial charge in [-0.05, 0) is 17.9 Å². The highest BCUT2D eigenvalue weighted by molar-refractivity contribution is 5.94. The number of nitrogens with zero attached hydrogens (tertiary/aromatic N) is 2. The van der Waals surface area contributed by atoms with E-state index in [4.69, 9.17) is 5.73 Å². The Morgan fingerprint density at radius 2 is 1.94 bits per heavy atom. The van der Waals surface area contributed by atoms with Crippen LogP contribution in [0.4, 0.5) is 5.82 Å². The van der Waals surface area contributed by atoms with Crippen molar-refractivity contribution in [3.8, 4) is 0 Å². The summed E-state index contributed by atoms with van der Waals surface area (Å²) in [6.07, 6.45) is 1.88. The fourth-order valence-electron chi connectivity index (χ4n) is 1.85. The van der Waals surface area contributed by atoms with E-state index in [1.54, 1.807) is 0 Å². The van der Waals surface area contributed by atoms with Crippen LogP contribution in [0.1, 0.15) is 12.5 Å². The van der Waals surface area contributed by atoms with E-state index in [9.17, 15) is 0 Å². The Bertz CT molecular complexity index is 494. The van der Waals surface area contributed by atoms with Crippen LogP contribution in [0.25, 0.3) is 10.8 Å². The third-order valence-electron chi connectivity index (χ3n) is 2.91. The first kappa shape index (κ1) is 10.9. The molecule has 0 aliphatic rings. The van der Waals surface area contributed by atoms with E-state index in [2.05, 4.69) is 36.0 Å². The van der Waals surface area contributed by atoms with Crippen molar-refractivity contribution in [2.24, 2.45) is 5.73 Å². The largest absolute Gasteiger partial charge is 0.359 e. The Hall–Kier alpha value is -1.61. The molecule has 0 bridgehead atoms. The molecule has 0 atom stereocenters. The van der Waals surface area contributed by atoms with E-state index in [0.717, 1.165) is 17.9 Å². The van der Waals surface area contributed by atoms with Crippen molar-refractivity contribution in [2.45, 2.75) is 13.5 Å². The van der Waals surface area contributed by atoms with Crippen molar-refractivity contribution < 1.29 is 0 Å². The van der Waals surface area contributed by atoms with E-state index in [1.165, 1.54) is 10.8 Å². The number of rotatable bonds is 3. The molecule has 84 valence electrons. The van der Waals surface area contributed by atoms with E-state index in [-0.39, 0.29) is 0 Å². The Kier molecular flexibility index (Phi) is 3.06. The zero-order valence-electron chi connectivity index (χ0n) is 9.77. The van der Waals surface area contributed by atoms with Gasteiger partial charge in [-0.15, -0.1) is 0 Å². The zero-order chi connectivity index (χ0) is 11.5. The third-order valence-corrected chi connectivity index (χ3v) is 2.91. The van der Waals surface area contributed by atoms with Gasteiger partial charge >= 0.3 is 0 Å². The maximum absolute atomic E-state index is 5.72. The molecule has 0 amide bonds. The van der Waals surface area contributed by atoms with Gasteiger partial charge in [0.25, 0.3) is 0 Å². The first-order valence-electron chi connectivity index (χ1n) is 5.55. The van der Waals surface area contributed by atoms with Gasteiger partial charge in [-0.1, -0.05) is 24.3 Å². The lowest BCUT2D eigenvalue weighted by molar-refractivity contribution is 0.940. The van der Waals surface area contributed by atoms with Gasteiger partial charge in [-0.25, -0.2) is 4.98 Å². The molecule has 0 aliphatic heterocycles. The van der Waals surface area contributed by atoms with Crippen LogP contribution >= 0.6 is 0 Å². The Morgan fingerprint density at radius 1 is 1.25 bits per heavy atom. The number of pyridine rings is 1. The second-order valence-electron chi connectivity index (χ2n) is 3.87. The minimum absolute atomic E-state index is 0.531. The average Bonchev–Trinajstić information content (AvgIpc) is 2.36. The van der Waals surface area contributed by atoms with Gasteiger partial charge in [0, 0.05) is 31.7 Å². The molecule has 0 unspecified atom stereocenters. The van der Waals surface area contributed by atoms with Gasteiger partial charge in [-0.2, -0.15) is 0 Å². The smallest absolute Gasteiger partial charge is 0.136 e. The van der Waals surface area contributed by atoms with Gasteiger partial charge < -0.3 is 10.6 Å². The normalized spacial score (nSPS) is 10.7. The van der Waals surface area contributed by atoms with Crippen molar-refractivity contribution in [1.82, 2.24) is 4.98 Å². The topological polar surface area (TPSA) is 42.2 Å². The highest BCUT2D eigenvalue weighted by Crippen LogP contribution is 2.26. The average molecular weight is 215 g/mol. The molecule has 3 heteroatoms. The number of anilines is 1. The maximum atomic E-state index is 5.72. The number of benzene rings is 1. The molecular formula is C13H17N3. The number of hydrogen-bond acceptors (Lipinski definition) is 3. The summed E-state index contributed by atoms with van der Waals surface area (Å²) < 4.78 is 0. The molecule has 0 saturated carbocycles. The summed E-state index contributed by atoms with van der Waals surface area (Å²) in [5.74, 6) is 1.02. The number of fused-ring (bicyclic) bond motifs is 1. The fraction of sp³-hybridized carbons (Fsp3) is 0.308. The highest BCUT2D eigenvalue weighted by Gasteiger charge is 2.08. The molecule has 0 fully saturated rings. The van der Waals surface area contributed by atoms with Crippen LogP contribution in [0.15, 0.2) is 30.5 Å². The van der Waals surface area contributed by atoms with Crippen LogP contribution < -0.4 is 10.6 Å². The standard InChI is InChI=1S/C13H17N3/c1-3-16(2)13-12-7-5-4-6-11(12)10(8-14)9-15-13/h4-7,9H,3,8,14H2,1-2H3. The van der Waals surface area contributed by atoms with Gasteiger partial charge in [0.05, 0.1) is 0 Å². The molecule has 0 radical (unpaired) electrons. The molecule has 2 aromatic rings. The minimum Gasteiger partial charge on any atom is -0.359 e. The summed E-state index contributed by atoms with van der Waals surface area (Å²) in [5, 5.41) is 2.38. The second-order valence-corrected chi connectivity index (χ2v) is 3.87. The van der Waals surface area contributed by atoms with Crippen molar-refractivity contribution in [2.75, 3.05) is 18.5 Å². The summed E-state index contributed by atoms with van der Waals surface area (Å²) in [4.78, 5) is 6.64. The molecule has 0 spiro atoms. The molecule has 1 aromatic carbocycles. The van der Waals surface area contributed by atoms with E-state index >= 15 is 0 Å². The van der Waals surface area contributed by atoms with Gasteiger partial charge in [-0.3, -0.25) is 0 Å². The van der Waals surface area contributed by atoms with Crippen molar-refractivity contribution in [3.05, 3.63) is 36.0 Å². The predicted octanol–water partition coefficient (Wildman–Crippen LogP) is 2.15. The third kappa shape index (κ3) is 1.74. The van der Waals surface area contributed by atoms with Crippen molar-refractivity contribution in [3.63, 3.8) is 0 Å². The molecule has 16 heavy (non-hydrogen) atoms. The Balaban J connectivity index is 2.69. The predicted molar refractivity (Wildman–Crippen MR) is 68.6 cm³/mol.